The van der Waals surface area contributed by atoms with Gasteiger partial charge in [-0.1, -0.05) is 11.6 Å². The van der Waals surface area contributed by atoms with Gasteiger partial charge in [0.25, 0.3) is 0 Å². The third-order valence-electron chi connectivity index (χ3n) is 3.00. The fourth-order valence-electron chi connectivity index (χ4n) is 1.86. The fraction of sp³-hybridized carbons (Fsp3) is 0.267. The smallest absolute Gasteiger partial charge is 0.382 e. The van der Waals surface area contributed by atoms with Gasteiger partial charge in [0.2, 0.25) is 11.6 Å². The summed E-state index contributed by atoms with van der Waals surface area (Å²) in [5.74, 6) is -1.48. The van der Waals surface area contributed by atoms with Gasteiger partial charge < -0.3 is 9.47 Å². The third-order valence-corrected chi connectivity index (χ3v) is 4.30. The van der Waals surface area contributed by atoms with E-state index in [2.05, 4.69) is 10.2 Å². The molecule has 2 rings (SSSR count). The molecule has 0 spiro atoms. The summed E-state index contributed by atoms with van der Waals surface area (Å²) >= 11 is 6.62. The molecule has 0 bridgehead atoms. The van der Waals surface area contributed by atoms with Gasteiger partial charge in [0.1, 0.15) is 0 Å². The molecule has 0 aliphatic carbocycles. The van der Waals surface area contributed by atoms with Crippen molar-refractivity contribution in [2.45, 2.75) is 11.3 Å². The minimum absolute atomic E-state index is 0.0391. The van der Waals surface area contributed by atoms with Crippen molar-refractivity contribution in [2.24, 2.45) is 7.05 Å². The van der Waals surface area contributed by atoms with E-state index in [9.17, 15) is 18.0 Å². The summed E-state index contributed by atoms with van der Waals surface area (Å²) in [6, 6.07) is 6.23. The van der Waals surface area contributed by atoms with Crippen molar-refractivity contribution in [2.75, 3.05) is 14.1 Å². The molecule has 1 aromatic carbocycles. The van der Waals surface area contributed by atoms with Crippen molar-refractivity contribution in [3.05, 3.63) is 51.8 Å². The van der Waals surface area contributed by atoms with Gasteiger partial charge in [0.15, 0.2) is 5.16 Å². The normalized spacial score (nSPS) is 12.4. The lowest BCUT2D eigenvalue weighted by Crippen LogP contribution is -2.13. The number of carbonyl (C=O) groups is 1. The number of hydrogen-bond donors (Lipinski definition) is 0. The second-order valence-corrected chi connectivity index (χ2v) is 6.70. The molecule has 0 amide bonds. The molecular weight excluding hydrogens is 377 g/mol. The molecule has 134 valence electrons. The third kappa shape index (κ3) is 4.76. The minimum Gasteiger partial charge on any atom is -0.382 e. The van der Waals surface area contributed by atoms with Crippen molar-refractivity contribution < 1.29 is 18.0 Å². The zero-order valence-electron chi connectivity index (χ0n) is 13.5. The molecule has 0 fully saturated rings. The lowest BCUT2D eigenvalue weighted by atomic mass is 10.1. The molecule has 0 saturated heterocycles. The van der Waals surface area contributed by atoms with E-state index in [0.717, 1.165) is 16.3 Å². The number of ketones is 1. The number of allylic oxidation sites excluding steroid dienone is 1. The first-order valence-corrected chi connectivity index (χ1v) is 8.12. The first-order valence-electron chi connectivity index (χ1n) is 6.92. The average Bonchev–Trinajstić information content (AvgIpc) is 2.87. The number of halogens is 4. The minimum atomic E-state index is -4.62. The van der Waals surface area contributed by atoms with E-state index in [4.69, 9.17) is 11.6 Å². The molecule has 0 unspecified atom stereocenters. The average molecular weight is 391 g/mol. The van der Waals surface area contributed by atoms with Crippen LogP contribution in [0.5, 0.6) is 0 Å². The Labute approximate surface area is 151 Å². The van der Waals surface area contributed by atoms with Gasteiger partial charge in [-0.25, -0.2) is 0 Å². The Morgan fingerprint density at radius 1 is 1.24 bits per heavy atom. The summed E-state index contributed by atoms with van der Waals surface area (Å²) in [5.41, 5.74) is 0.364. The van der Waals surface area contributed by atoms with Crippen LogP contribution >= 0.6 is 23.4 Å². The first-order chi connectivity index (χ1) is 11.6. The lowest BCUT2D eigenvalue weighted by Gasteiger charge is -2.11. The zero-order valence-corrected chi connectivity index (χ0v) is 15.1. The standard InChI is InChI=1S/C15H14ClF3N4OS/c1-22(2)8-11(12(24)9-4-6-10(16)7-5-9)25-14-21-20-13(23(14)3)15(17,18)19/h4-8H,1-3H3. The largest absolute Gasteiger partial charge is 0.451 e. The number of benzene rings is 1. The van der Waals surface area contributed by atoms with E-state index in [0.29, 0.717) is 10.6 Å². The molecule has 0 aliphatic heterocycles. The highest BCUT2D eigenvalue weighted by molar-refractivity contribution is 8.03. The fourth-order valence-corrected chi connectivity index (χ4v) is 2.96. The molecule has 1 heterocycles. The van der Waals surface area contributed by atoms with Crippen molar-refractivity contribution >= 4 is 29.1 Å². The molecule has 10 heteroatoms. The van der Waals surface area contributed by atoms with Gasteiger partial charge >= 0.3 is 6.18 Å². The molecule has 0 atom stereocenters. The van der Waals surface area contributed by atoms with Crippen LogP contribution in [0.2, 0.25) is 5.02 Å². The highest BCUT2D eigenvalue weighted by Gasteiger charge is 2.37. The zero-order chi connectivity index (χ0) is 18.8. The van der Waals surface area contributed by atoms with Crippen LogP contribution in [-0.4, -0.2) is 39.5 Å². The summed E-state index contributed by atoms with van der Waals surface area (Å²) in [6.45, 7) is 0. The predicted octanol–water partition coefficient (Wildman–Crippen LogP) is 3.87. The quantitative estimate of drug-likeness (QED) is 0.441. The number of Topliss-reactive ketones (excluding diaryl/α,β-unsaturated/α-hetero) is 1. The molecular formula is C15H14ClF3N4OS. The van der Waals surface area contributed by atoms with Crippen molar-refractivity contribution in [1.82, 2.24) is 19.7 Å². The topological polar surface area (TPSA) is 51.0 Å². The second kappa shape index (κ2) is 7.49. The van der Waals surface area contributed by atoms with Crippen LogP contribution in [0.15, 0.2) is 40.5 Å². The van der Waals surface area contributed by atoms with Crippen LogP contribution in [0.4, 0.5) is 13.2 Å². The van der Waals surface area contributed by atoms with Crippen LogP contribution < -0.4 is 0 Å². The monoisotopic (exact) mass is 390 g/mol. The number of thioether (sulfide) groups is 1. The van der Waals surface area contributed by atoms with E-state index in [1.54, 1.807) is 43.3 Å². The SMILES string of the molecule is CN(C)C=C(Sc1nnc(C(F)(F)F)n1C)C(=O)c1ccc(Cl)cc1. The molecule has 0 saturated carbocycles. The Balaban J connectivity index is 2.35. The van der Waals surface area contributed by atoms with E-state index >= 15 is 0 Å². The molecule has 2 aromatic rings. The maximum Gasteiger partial charge on any atom is 0.451 e. The van der Waals surface area contributed by atoms with E-state index < -0.39 is 12.0 Å². The van der Waals surface area contributed by atoms with Gasteiger partial charge in [-0.05, 0) is 36.0 Å². The van der Waals surface area contributed by atoms with Gasteiger partial charge in [0.05, 0.1) is 4.91 Å². The van der Waals surface area contributed by atoms with E-state index in [1.807, 2.05) is 0 Å². The molecule has 1 aromatic heterocycles. The van der Waals surface area contributed by atoms with Crippen molar-refractivity contribution in [3.8, 4) is 0 Å². The van der Waals surface area contributed by atoms with Crippen molar-refractivity contribution in [3.63, 3.8) is 0 Å². The summed E-state index contributed by atoms with van der Waals surface area (Å²) in [6.07, 6.45) is -3.10. The highest BCUT2D eigenvalue weighted by atomic mass is 35.5. The molecule has 0 aliphatic rings. The number of hydrogen-bond acceptors (Lipinski definition) is 5. The number of alkyl halides is 3. The van der Waals surface area contributed by atoms with Crippen LogP contribution in [0, 0.1) is 0 Å². The Bertz CT molecular complexity index is 800. The number of nitrogens with zero attached hydrogens (tertiary/aromatic N) is 4. The Hall–Kier alpha value is -2.00. The Morgan fingerprint density at radius 3 is 2.32 bits per heavy atom. The number of carbonyl (C=O) groups excluding carboxylic acids is 1. The summed E-state index contributed by atoms with van der Waals surface area (Å²) in [7, 11) is 4.60. The van der Waals surface area contributed by atoms with Crippen molar-refractivity contribution in [1.29, 1.82) is 0 Å². The first kappa shape index (κ1) is 19.3. The maximum atomic E-state index is 12.8. The van der Waals surface area contributed by atoms with Gasteiger partial charge in [-0.2, -0.15) is 13.2 Å². The van der Waals surface area contributed by atoms with Crippen LogP contribution in [0.1, 0.15) is 16.2 Å². The van der Waals surface area contributed by atoms with Gasteiger partial charge in [-0.3, -0.25) is 4.79 Å². The van der Waals surface area contributed by atoms with E-state index in [1.165, 1.54) is 13.2 Å². The Morgan fingerprint density at radius 2 is 1.84 bits per heavy atom. The molecule has 25 heavy (non-hydrogen) atoms. The van der Waals surface area contributed by atoms with Crippen LogP contribution in [0.25, 0.3) is 0 Å². The number of rotatable bonds is 5. The van der Waals surface area contributed by atoms with Crippen LogP contribution in [-0.2, 0) is 13.2 Å². The number of aromatic nitrogens is 3. The highest BCUT2D eigenvalue weighted by Crippen LogP contribution is 2.33. The maximum absolute atomic E-state index is 12.8. The predicted molar refractivity (Wildman–Crippen MR) is 89.4 cm³/mol. The van der Waals surface area contributed by atoms with Gasteiger partial charge in [-0.15, -0.1) is 10.2 Å². The second-order valence-electron chi connectivity index (χ2n) is 5.26. The molecule has 0 radical (unpaired) electrons. The molecule has 5 nitrogen and oxygen atoms in total. The van der Waals surface area contributed by atoms with E-state index in [-0.39, 0.29) is 15.8 Å². The molecule has 0 N–H and O–H groups in total. The van der Waals surface area contributed by atoms with Crippen LogP contribution in [0.3, 0.4) is 0 Å². The summed E-state index contributed by atoms with van der Waals surface area (Å²) < 4.78 is 39.3. The Kier molecular flexibility index (Phi) is 5.79. The van der Waals surface area contributed by atoms with Gasteiger partial charge in [0, 0.05) is 37.9 Å². The summed E-state index contributed by atoms with van der Waals surface area (Å²) in [5, 5.41) is 7.14. The lowest BCUT2D eigenvalue weighted by molar-refractivity contribution is -0.147. The summed E-state index contributed by atoms with van der Waals surface area (Å²) in [4.78, 5) is 14.5.